The van der Waals surface area contributed by atoms with E-state index in [-0.39, 0.29) is 23.0 Å². The van der Waals surface area contributed by atoms with Crippen LogP contribution < -0.4 is 25.4 Å². The average molecular weight is 720 g/mol. The Balaban J connectivity index is 1.23. The Morgan fingerprint density at radius 3 is 2.17 bits per heavy atom. The number of piperidine rings is 1. The number of nitrogens with zero attached hydrogens (tertiary/aromatic N) is 4. The molecule has 1 atom stereocenters. The van der Waals surface area contributed by atoms with Crippen LogP contribution in [0.5, 0.6) is 11.8 Å². The third-order valence-corrected chi connectivity index (χ3v) is 10.0. The SMILES string of the molecule is COc1cc(OC)nc(Sc2ccccc2C(=O)C(c2ccc(NC(=O)Nc3cc(C(C)(C)C)nn3-c3ccc(C)cc3)cc2)C2CCNCC2)n1. The number of Topliss-reactive ketones (excluding diaryl/α,β-unsaturated/α-hetero) is 1. The predicted octanol–water partition coefficient (Wildman–Crippen LogP) is 8.05. The highest BCUT2D eigenvalue weighted by molar-refractivity contribution is 7.99. The number of benzene rings is 3. The van der Waals surface area contributed by atoms with Crippen LogP contribution in [0.25, 0.3) is 5.69 Å². The molecule has 0 bridgehead atoms. The highest BCUT2D eigenvalue weighted by Gasteiger charge is 2.33. The maximum Gasteiger partial charge on any atom is 0.324 e. The topological polar surface area (TPSA) is 132 Å². The molecule has 11 nitrogen and oxygen atoms in total. The molecule has 3 N–H and O–H groups in total. The number of anilines is 2. The van der Waals surface area contributed by atoms with E-state index in [2.05, 4.69) is 46.7 Å². The molecule has 1 saturated heterocycles. The summed E-state index contributed by atoms with van der Waals surface area (Å²) in [6, 6.07) is 26.3. The minimum absolute atomic E-state index is 0.0299. The molecular formula is C40H45N7O4S. The van der Waals surface area contributed by atoms with Gasteiger partial charge in [0.15, 0.2) is 10.9 Å². The van der Waals surface area contributed by atoms with Crippen molar-refractivity contribution < 1.29 is 19.1 Å². The number of amides is 2. The number of methoxy groups -OCH3 is 2. The first kappa shape index (κ1) is 36.6. The number of rotatable bonds is 11. The first-order valence-electron chi connectivity index (χ1n) is 17.4. The number of ketones is 1. The number of nitrogens with one attached hydrogen (secondary N) is 3. The first-order valence-corrected chi connectivity index (χ1v) is 18.2. The van der Waals surface area contributed by atoms with Crippen molar-refractivity contribution in [2.45, 2.75) is 61.9 Å². The second-order valence-corrected chi connectivity index (χ2v) is 14.9. The third-order valence-electron chi connectivity index (χ3n) is 9.09. The maximum atomic E-state index is 14.6. The van der Waals surface area contributed by atoms with Crippen molar-refractivity contribution in [1.82, 2.24) is 25.1 Å². The summed E-state index contributed by atoms with van der Waals surface area (Å²) in [6.45, 7) is 9.99. The lowest BCUT2D eigenvalue weighted by Gasteiger charge is -2.30. The fourth-order valence-corrected chi connectivity index (χ4v) is 7.14. The number of carbonyl (C=O) groups excluding carboxylic acids is 2. The lowest BCUT2D eigenvalue weighted by atomic mass is 9.76. The minimum Gasteiger partial charge on any atom is -0.481 e. The molecular weight excluding hydrogens is 675 g/mol. The molecule has 3 heterocycles. The van der Waals surface area contributed by atoms with E-state index in [0.717, 1.165) is 53.3 Å². The molecule has 0 saturated carbocycles. The molecule has 2 aromatic heterocycles. The third kappa shape index (κ3) is 8.63. The second kappa shape index (κ2) is 16.0. The van der Waals surface area contributed by atoms with Crippen LogP contribution in [-0.2, 0) is 5.41 Å². The van der Waals surface area contributed by atoms with E-state index in [1.54, 1.807) is 10.7 Å². The van der Waals surface area contributed by atoms with Gasteiger partial charge in [-0.15, -0.1) is 0 Å². The largest absolute Gasteiger partial charge is 0.481 e. The van der Waals surface area contributed by atoms with Crippen LogP contribution >= 0.6 is 11.8 Å². The smallest absolute Gasteiger partial charge is 0.324 e. The van der Waals surface area contributed by atoms with Crippen LogP contribution in [0, 0.1) is 12.8 Å². The molecule has 270 valence electrons. The number of urea groups is 1. The number of ether oxygens (including phenoxy) is 2. The van der Waals surface area contributed by atoms with Crippen molar-refractivity contribution in [1.29, 1.82) is 0 Å². The van der Waals surface area contributed by atoms with Gasteiger partial charge < -0.3 is 20.1 Å². The van der Waals surface area contributed by atoms with Gasteiger partial charge in [-0.05, 0) is 86.4 Å². The van der Waals surface area contributed by atoms with Gasteiger partial charge in [0.25, 0.3) is 0 Å². The van der Waals surface area contributed by atoms with Crippen LogP contribution in [0.15, 0.2) is 95.0 Å². The van der Waals surface area contributed by atoms with E-state index >= 15 is 0 Å². The summed E-state index contributed by atoms with van der Waals surface area (Å²) >= 11 is 1.30. The number of aryl methyl sites for hydroxylation is 1. The van der Waals surface area contributed by atoms with Gasteiger partial charge in [0.2, 0.25) is 11.8 Å². The molecule has 52 heavy (non-hydrogen) atoms. The van der Waals surface area contributed by atoms with Crippen LogP contribution in [0.1, 0.15) is 66.7 Å². The van der Waals surface area contributed by atoms with Gasteiger partial charge in [-0.25, -0.2) is 9.48 Å². The Bertz CT molecular complexity index is 2000. The van der Waals surface area contributed by atoms with Crippen molar-refractivity contribution in [3.63, 3.8) is 0 Å². The molecule has 6 rings (SSSR count). The zero-order chi connectivity index (χ0) is 36.8. The second-order valence-electron chi connectivity index (χ2n) is 13.9. The average Bonchev–Trinajstić information content (AvgIpc) is 3.57. The Hall–Kier alpha value is -5.20. The van der Waals surface area contributed by atoms with Crippen LogP contribution in [0.2, 0.25) is 0 Å². The van der Waals surface area contributed by atoms with E-state index in [9.17, 15) is 9.59 Å². The van der Waals surface area contributed by atoms with Gasteiger partial charge in [-0.2, -0.15) is 15.1 Å². The minimum atomic E-state index is -0.394. The molecule has 2 amide bonds. The maximum absolute atomic E-state index is 14.6. The summed E-state index contributed by atoms with van der Waals surface area (Å²) < 4.78 is 12.4. The molecule has 0 radical (unpaired) electrons. The lowest BCUT2D eigenvalue weighted by Crippen LogP contribution is -2.33. The highest BCUT2D eigenvalue weighted by Crippen LogP contribution is 2.38. The normalized spacial score (nSPS) is 14.0. The Labute approximate surface area is 308 Å². The van der Waals surface area contributed by atoms with Gasteiger partial charge in [0.1, 0.15) is 5.82 Å². The fraction of sp³-hybridized carbons (Fsp3) is 0.325. The lowest BCUT2D eigenvalue weighted by molar-refractivity contribution is 0.0913. The van der Waals surface area contributed by atoms with Gasteiger partial charge in [0, 0.05) is 27.6 Å². The van der Waals surface area contributed by atoms with Crippen LogP contribution in [0.4, 0.5) is 16.3 Å². The standard InChI is InChI=1S/C40H45N7O4S/c1-25-11-17-29(18-12-25)47-33(23-32(46-47)40(2,3)4)43-38(49)42-28-15-13-26(14-16-28)36(27-19-21-41-22-20-27)37(48)30-9-7-8-10-31(30)52-39-44-34(50-5)24-35(45-39)51-6/h7-18,23-24,27,36,41H,19-22H2,1-6H3,(H2,42,43,49). The molecule has 1 fully saturated rings. The summed E-state index contributed by atoms with van der Waals surface area (Å²) in [5.74, 6) is 1.10. The zero-order valence-corrected chi connectivity index (χ0v) is 31.2. The summed E-state index contributed by atoms with van der Waals surface area (Å²) in [5.41, 5.74) is 4.74. The Kier molecular flexibility index (Phi) is 11.3. The first-order chi connectivity index (χ1) is 25.0. The summed E-state index contributed by atoms with van der Waals surface area (Å²) in [6.07, 6.45) is 1.74. The highest BCUT2D eigenvalue weighted by atomic mass is 32.2. The number of aromatic nitrogens is 4. The van der Waals surface area contributed by atoms with Gasteiger partial charge in [-0.1, -0.05) is 68.8 Å². The molecule has 0 spiro atoms. The quantitative estimate of drug-likeness (QED) is 0.0917. The summed E-state index contributed by atoms with van der Waals surface area (Å²) in [4.78, 5) is 37.6. The molecule has 12 heteroatoms. The van der Waals surface area contributed by atoms with Crippen molar-refractivity contribution >= 4 is 35.1 Å². The van der Waals surface area contributed by atoms with E-state index in [0.29, 0.717) is 34.0 Å². The van der Waals surface area contributed by atoms with Crippen molar-refractivity contribution in [2.75, 3.05) is 37.9 Å². The Morgan fingerprint density at radius 2 is 1.54 bits per heavy atom. The van der Waals surface area contributed by atoms with Gasteiger partial charge >= 0.3 is 6.03 Å². The molecule has 1 unspecified atom stereocenters. The van der Waals surface area contributed by atoms with E-state index in [1.165, 1.54) is 26.0 Å². The number of carbonyl (C=O) groups is 2. The molecule has 0 aliphatic carbocycles. The monoisotopic (exact) mass is 719 g/mol. The molecule has 1 aliphatic heterocycles. The Morgan fingerprint density at radius 1 is 0.885 bits per heavy atom. The van der Waals surface area contributed by atoms with Crippen molar-refractivity contribution in [3.05, 3.63) is 107 Å². The van der Waals surface area contributed by atoms with Crippen LogP contribution in [0.3, 0.4) is 0 Å². The zero-order valence-electron chi connectivity index (χ0n) is 30.4. The van der Waals surface area contributed by atoms with Crippen molar-refractivity contribution in [2.24, 2.45) is 5.92 Å². The van der Waals surface area contributed by atoms with Crippen molar-refractivity contribution in [3.8, 4) is 17.4 Å². The van der Waals surface area contributed by atoms with Crippen LogP contribution in [-0.4, -0.2) is 58.9 Å². The predicted molar refractivity (Wildman–Crippen MR) is 204 cm³/mol. The summed E-state index contributed by atoms with van der Waals surface area (Å²) in [7, 11) is 3.07. The number of hydrogen-bond donors (Lipinski definition) is 3. The van der Waals surface area contributed by atoms with Gasteiger partial charge in [0.05, 0.1) is 37.6 Å². The molecule has 3 aromatic carbocycles. The van der Waals surface area contributed by atoms with E-state index in [4.69, 9.17) is 14.6 Å². The van der Waals surface area contributed by atoms with E-state index in [1.807, 2.05) is 85.8 Å². The molecule has 5 aromatic rings. The fourth-order valence-electron chi connectivity index (χ4n) is 6.25. The van der Waals surface area contributed by atoms with E-state index < -0.39 is 6.03 Å². The number of hydrogen-bond acceptors (Lipinski definition) is 9. The van der Waals surface area contributed by atoms with Gasteiger partial charge in [-0.3, -0.25) is 10.1 Å². The summed E-state index contributed by atoms with van der Waals surface area (Å²) in [5, 5.41) is 14.6. The molecule has 1 aliphatic rings.